The number of piperidine rings is 1. The lowest BCUT2D eigenvalue weighted by molar-refractivity contribution is -0.126. The molecule has 0 radical (unpaired) electrons. The standard InChI is InChI=1S/C21H29N3O2S/c1-26-17-8-9-18-19(14-17)27-21(23-18)24-12-10-15(11-13-24)20(25)22-16-6-4-2-3-5-7-16/h8-9,14-16H,2-7,10-13H2,1H3,(H,22,25). The number of rotatable bonds is 4. The number of fused-ring (bicyclic) bond motifs is 1. The number of carbonyl (C=O) groups is 1. The normalized spacial score (nSPS) is 19.8. The Kier molecular flexibility index (Phi) is 5.81. The first-order valence-corrected chi connectivity index (χ1v) is 11.0. The van der Waals surface area contributed by atoms with E-state index < -0.39 is 0 Å². The van der Waals surface area contributed by atoms with Gasteiger partial charge in [-0.05, 0) is 43.9 Å². The van der Waals surface area contributed by atoms with Gasteiger partial charge in [0.2, 0.25) is 5.91 Å². The van der Waals surface area contributed by atoms with Crippen molar-refractivity contribution >= 4 is 32.6 Å². The van der Waals surface area contributed by atoms with Crippen molar-refractivity contribution in [2.45, 2.75) is 57.4 Å². The van der Waals surface area contributed by atoms with Gasteiger partial charge in [-0.15, -0.1) is 0 Å². The van der Waals surface area contributed by atoms with Crippen LogP contribution < -0.4 is 15.0 Å². The molecular weight excluding hydrogens is 358 g/mol. The summed E-state index contributed by atoms with van der Waals surface area (Å²) in [5, 5.41) is 4.39. The van der Waals surface area contributed by atoms with Gasteiger partial charge in [0.25, 0.3) is 0 Å². The third-order valence-corrected chi connectivity index (χ3v) is 7.00. The monoisotopic (exact) mass is 387 g/mol. The number of carbonyl (C=O) groups excluding carboxylic acids is 1. The molecule has 1 amide bonds. The molecule has 1 aromatic carbocycles. The van der Waals surface area contributed by atoms with Crippen LogP contribution in [0.1, 0.15) is 51.4 Å². The Bertz CT molecular complexity index is 775. The zero-order valence-electron chi connectivity index (χ0n) is 16.1. The van der Waals surface area contributed by atoms with Gasteiger partial charge < -0.3 is 15.0 Å². The predicted octanol–water partition coefficient (Wildman–Crippen LogP) is 4.36. The summed E-state index contributed by atoms with van der Waals surface area (Å²) in [4.78, 5) is 19.8. The van der Waals surface area contributed by atoms with Crippen molar-refractivity contribution in [2.75, 3.05) is 25.1 Å². The largest absolute Gasteiger partial charge is 0.497 e. The fraction of sp³-hybridized carbons (Fsp3) is 0.619. The van der Waals surface area contributed by atoms with Gasteiger partial charge in [-0.1, -0.05) is 37.0 Å². The Morgan fingerprint density at radius 2 is 1.89 bits per heavy atom. The fourth-order valence-electron chi connectivity index (χ4n) is 4.23. The van der Waals surface area contributed by atoms with Crippen molar-refractivity contribution in [2.24, 2.45) is 5.92 Å². The van der Waals surface area contributed by atoms with Crippen LogP contribution in [0.25, 0.3) is 10.2 Å². The van der Waals surface area contributed by atoms with E-state index in [0.29, 0.717) is 6.04 Å². The first-order chi connectivity index (χ1) is 13.2. The molecular formula is C21H29N3O2S. The smallest absolute Gasteiger partial charge is 0.223 e. The molecule has 0 bridgehead atoms. The second-order valence-electron chi connectivity index (χ2n) is 7.79. The third kappa shape index (κ3) is 4.37. The second-order valence-corrected chi connectivity index (χ2v) is 8.80. The summed E-state index contributed by atoms with van der Waals surface area (Å²) in [6.07, 6.45) is 9.28. The van der Waals surface area contributed by atoms with Crippen LogP contribution in [0.15, 0.2) is 18.2 Å². The maximum Gasteiger partial charge on any atom is 0.223 e. The number of nitrogens with one attached hydrogen (secondary N) is 1. The van der Waals surface area contributed by atoms with Crippen LogP contribution in [0.5, 0.6) is 5.75 Å². The van der Waals surface area contributed by atoms with Crippen molar-refractivity contribution in [3.63, 3.8) is 0 Å². The van der Waals surface area contributed by atoms with Crippen molar-refractivity contribution < 1.29 is 9.53 Å². The molecule has 1 saturated carbocycles. The molecule has 146 valence electrons. The molecule has 0 unspecified atom stereocenters. The van der Waals surface area contributed by atoms with E-state index >= 15 is 0 Å². The van der Waals surface area contributed by atoms with Gasteiger partial charge >= 0.3 is 0 Å². The minimum Gasteiger partial charge on any atom is -0.497 e. The van der Waals surface area contributed by atoms with E-state index in [1.54, 1.807) is 18.4 Å². The highest BCUT2D eigenvalue weighted by Gasteiger charge is 2.28. The number of thiazole rings is 1. The summed E-state index contributed by atoms with van der Waals surface area (Å²) in [7, 11) is 1.69. The summed E-state index contributed by atoms with van der Waals surface area (Å²) in [6.45, 7) is 1.80. The Labute approximate surface area is 165 Å². The molecule has 1 saturated heterocycles. The predicted molar refractivity (Wildman–Crippen MR) is 111 cm³/mol. The van der Waals surface area contributed by atoms with E-state index in [0.717, 1.165) is 59.9 Å². The maximum absolute atomic E-state index is 12.7. The molecule has 2 fully saturated rings. The number of hydrogen-bond acceptors (Lipinski definition) is 5. The second kappa shape index (κ2) is 8.46. The quantitative estimate of drug-likeness (QED) is 0.792. The van der Waals surface area contributed by atoms with Crippen molar-refractivity contribution in [3.05, 3.63) is 18.2 Å². The molecule has 1 aromatic heterocycles. The summed E-state index contributed by atoms with van der Waals surface area (Å²) >= 11 is 1.71. The van der Waals surface area contributed by atoms with Crippen LogP contribution >= 0.6 is 11.3 Å². The summed E-state index contributed by atoms with van der Waals surface area (Å²) in [5.74, 6) is 1.29. The molecule has 0 atom stereocenters. The Morgan fingerprint density at radius 3 is 2.59 bits per heavy atom. The Morgan fingerprint density at radius 1 is 1.15 bits per heavy atom. The lowest BCUT2D eigenvalue weighted by Gasteiger charge is -2.31. The van der Waals surface area contributed by atoms with E-state index in [1.165, 1.54) is 25.7 Å². The van der Waals surface area contributed by atoms with Gasteiger partial charge in [0.05, 0.1) is 17.3 Å². The molecule has 1 aliphatic carbocycles. The highest BCUT2D eigenvalue weighted by atomic mass is 32.1. The summed E-state index contributed by atoms with van der Waals surface area (Å²) in [6, 6.07) is 6.41. The highest BCUT2D eigenvalue weighted by molar-refractivity contribution is 7.22. The van der Waals surface area contributed by atoms with Crippen LogP contribution in [0, 0.1) is 5.92 Å². The van der Waals surface area contributed by atoms with Gasteiger partial charge in [-0.25, -0.2) is 4.98 Å². The van der Waals surface area contributed by atoms with Crippen LogP contribution in [-0.2, 0) is 4.79 Å². The van der Waals surface area contributed by atoms with Crippen molar-refractivity contribution in [1.82, 2.24) is 10.3 Å². The average Bonchev–Trinajstić information content (AvgIpc) is 2.96. The molecule has 2 heterocycles. The van der Waals surface area contributed by atoms with E-state index in [9.17, 15) is 4.79 Å². The van der Waals surface area contributed by atoms with Gasteiger partial charge in [0, 0.05) is 25.0 Å². The number of nitrogens with zero attached hydrogens (tertiary/aromatic N) is 2. The van der Waals surface area contributed by atoms with Crippen LogP contribution in [-0.4, -0.2) is 37.1 Å². The molecule has 6 heteroatoms. The van der Waals surface area contributed by atoms with Gasteiger partial charge in [0.1, 0.15) is 5.75 Å². The summed E-state index contributed by atoms with van der Waals surface area (Å²) < 4.78 is 6.46. The van der Waals surface area contributed by atoms with Crippen LogP contribution in [0.2, 0.25) is 0 Å². The first kappa shape index (κ1) is 18.5. The lowest BCUT2D eigenvalue weighted by atomic mass is 9.95. The first-order valence-electron chi connectivity index (χ1n) is 10.2. The van der Waals surface area contributed by atoms with Gasteiger partial charge in [-0.3, -0.25) is 4.79 Å². The van der Waals surface area contributed by atoms with Gasteiger partial charge in [-0.2, -0.15) is 0 Å². The van der Waals surface area contributed by atoms with E-state index in [2.05, 4.69) is 10.2 Å². The molecule has 27 heavy (non-hydrogen) atoms. The lowest BCUT2D eigenvalue weighted by Crippen LogP contribution is -2.43. The zero-order chi connectivity index (χ0) is 18.6. The van der Waals surface area contributed by atoms with Crippen molar-refractivity contribution in [3.8, 4) is 5.75 Å². The minimum atomic E-state index is 0.152. The Hall–Kier alpha value is -1.82. The van der Waals surface area contributed by atoms with Crippen LogP contribution in [0.4, 0.5) is 5.13 Å². The number of aromatic nitrogens is 1. The molecule has 1 N–H and O–H groups in total. The van der Waals surface area contributed by atoms with Crippen LogP contribution in [0.3, 0.4) is 0 Å². The molecule has 1 aliphatic heterocycles. The number of amides is 1. The van der Waals surface area contributed by atoms with Gasteiger partial charge in [0.15, 0.2) is 5.13 Å². The average molecular weight is 388 g/mol. The summed E-state index contributed by atoms with van der Waals surface area (Å²) in [5.41, 5.74) is 1.02. The topological polar surface area (TPSA) is 54.5 Å². The Balaban J connectivity index is 1.33. The van der Waals surface area contributed by atoms with E-state index in [-0.39, 0.29) is 11.8 Å². The molecule has 0 spiro atoms. The van der Waals surface area contributed by atoms with E-state index in [1.807, 2.05) is 18.2 Å². The minimum absolute atomic E-state index is 0.152. The number of methoxy groups -OCH3 is 1. The molecule has 4 rings (SSSR count). The molecule has 2 aromatic rings. The maximum atomic E-state index is 12.7. The number of benzene rings is 1. The molecule has 2 aliphatic rings. The molecule has 5 nitrogen and oxygen atoms in total. The SMILES string of the molecule is COc1ccc2nc(N3CCC(C(=O)NC4CCCCCC4)CC3)sc2c1. The number of hydrogen-bond donors (Lipinski definition) is 1. The zero-order valence-corrected chi connectivity index (χ0v) is 16.9. The third-order valence-electron chi connectivity index (χ3n) is 5.92. The number of ether oxygens (including phenoxy) is 1. The van der Waals surface area contributed by atoms with Crippen molar-refractivity contribution in [1.29, 1.82) is 0 Å². The van der Waals surface area contributed by atoms with E-state index in [4.69, 9.17) is 9.72 Å². The fourth-order valence-corrected chi connectivity index (χ4v) is 5.28. The number of anilines is 1. The highest BCUT2D eigenvalue weighted by Crippen LogP contribution is 2.33.